The van der Waals surface area contributed by atoms with E-state index in [0.717, 1.165) is 58.0 Å². The lowest BCUT2D eigenvalue weighted by molar-refractivity contribution is -0.140. The Labute approximate surface area is 151 Å². The number of carbonyl (C=O) groups excluding carboxylic acids is 1. The van der Waals surface area contributed by atoms with Gasteiger partial charge in [0.05, 0.1) is 13.7 Å². The molecule has 0 radical (unpaired) electrons. The minimum absolute atomic E-state index is 0. The maximum Gasteiger partial charge on any atom is 0.305 e. The van der Waals surface area contributed by atoms with Crippen molar-refractivity contribution < 1.29 is 14.3 Å². The monoisotopic (exact) mass is 427 g/mol. The molecule has 0 saturated carbocycles. The number of aliphatic imine (C=N–C) groups is 1. The highest BCUT2D eigenvalue weighted by Gasteiger charge is 2.24. The summed E-state index contributed by atoms with van der Waals surface area (Å²) in [6.45, 7) is 6.53. The Hall–Kier alpha value is -0.570. The number of halogens is 1. The third kappa shape index (κ3) is 8.17. The first-order valence-electron chi connectivity index (χ1n) is 7.80. The van der Waals surface area contributed by atoms with Crippen molar-refractivity contribution in [2.75, 3.05) is 47.0 Å². The minimum Gasteiger partial charge on any atom is -0.469 e. The van der Waals surface area contributed by atoms with Gasteiger partial charge >= 0.3 is 5.97 Å². The van der Waals surface area contributed by atoms with Gasteiger partial charge in [0.25, 0.3) is 0 Å². The quantitative estimate of drug-likeness (QED) is 0.211. The fraction of sp³-hybridized carbons (Fsp3) is 0.867. The van der Waals surface area contributed by atoms with Gasteiger partial charge in [-0.3, -0.25) is 9.79 Å². The molecule has 0 aromatic heterocycles. The first-order valence-corrected chi connectivity index (χ1v) is 7.80. The molecule has 22 heavy (non-hydrogen) atoms. The Morgan fingerprint density at radius 3 is 2.77 bits per heavy atom. The summed E-state index contributed by atoms with van der Waals surface area (Å²) in [4.78, 5) is 18.0. The van der Waals surface area contributed by atoms with E-state index in [1.807, 2.05) is 0 Å². The lowest BCUT2D eigenvalue weighted by Crippen LogP contribution is -2.40. The molecular weight excluding hydrogens is 397 g/mol. The molecule has 1 aliphatic heterocycles. The van der Waals surface area contributed by atoms with E-state index in [1.165, 1.54) is 7.11 Å². The van der Waals surface area contributed by atoms with Crippen LogP contribution in [0.3, 0.4) is 0 Å². The number of guanidine groups is 1. The Morgan fingerprint density at radius 1 is 1.36 bits per heavy atom. The lowest BCUT2D eigenvalue weighted by Gasteiger charge is -2.21. The molecule has 1 atom stereocenters. The van der Waals surface area contributed by atoms with Crippen LogP contribution >= 0.6 is 24.0 Å². The zero-order valence-corrected chi connectivity index (χ0v) is 16.3. The highest BCUT2D eigenvalue weighted by atomic mass is 127. The van der Waals surface area contributed by atoms with Crippen LogP contribution in [0.2, 0.25) is 0 Å². The van der Waals surface area contributed by atoms with E-state index < -0.39 is 0 Å². The SMILES string of the molecule is CCNC(=NCCCCC(=O)OC)N1CCC(COC)C1.I. The fourth-order valence-corrected chi connectivity index (χ4v) is 2.49. The summed E-state index contributed by atoms with van der Waals surface area (Å²) in [5.41, 5.74) is 0. The van der Waals surface area contributed by atoms with Crippen LogP contribution in [-0.2, 0) is 14.3 Å². The lowest BCUT2D eigenvalue weighted by atomic mass is 10.1. The van der Waals surface area contributed by atoms with Crippen LogP contribution in [-0.4, -0.2) is 63.8 Å². The molecule has 1 heterocycles. The second kappa shape index (κ2) is 12.9. The third-order valence-electron chi connectivity index (χ3n) is 3.60. The van der Waals surface area contributed by atoms with Crippen molar-refractivity contribution in [3.05, 3.63) is 0 Å². The number of hydrogen-bond donors (Lipinski definition) is 1. The first kappa shape index (κ1) is 21.4. The van der Waals surface area contributed by atoms with E-state index in [1.54, 1.807) is 7.11 Å². The van der Waals surface area contributed by atoms with Gasteiger partial charge in [0, 0.05) is 45.6 Å². The van der Waals surface area contributed by atoms with Crippen LogP contribution in [0.15, 0.2) is 4.99 Å². The standard InChI is InChI=1S/C15H29N3O3.HI/c1-4-16-15(17-9-6-5-7-14(19)21-3)18-10-8-13(11-18)12-20-2;/h13H,4-12H2,1-3H3,(H,16,17);1H. The highest BCUT2D eigenvalue weighted by Crippen LogP contribution is 2.16. The van der Waals surface area contributed by atoms with Gasteiger partial charge in [0.15, 0.2) is 5.96 Å². The molecular formula is C15H30IN3O3. The number of nitrogens with zero attached hydrogens (tertiary/aromatic N) is 2. The second-order valence-electron chi connectivity index (χ2n) is 5.32. The number of carbonyl (C=O) groups is 1. The average Bonchev–Trinajstić information content (AvgIpc) is 2.94. The molecule has 1 fully saturated rings. The Bertz CT molecular complexity index is 340. The average molecular weight is 427 g/mol. The fourth-order valence-electron chi connectivity index (χ4n) is 2.49. The molecule has 1 saturated heterocycles. The number of methoxy groups -OCH3 is 2. The third-order valence-corrected chi connectivity index (χ3v) is 3.60. The predicted molar refractivity (Wildman–Crippen MR) is 98.8 cm³/mol. The van der Waals surface area contributed by atoms with Crippen LogP contribution < -0.4 is 5.32 Å². The molecule has 0 bridgehead atoms. The summed E-state index contributed by atoms with van der Waals surface area (Å²) in [6, 6.07) is 0. The molecule has 1 aliphatic rings. The van der Waals surface area contributed by atoms with E-state index in [9.17, 15) is 4.79 Å². The van der Waals surface area contributed by atoms with Gasteiger partial charge in [-0.05, 0) is 26.2 Å². The Morgan fingerprint density at radius 2 is 2.14 bits per heavy atom. The van der Waals surface area contributed by atoms with Crippen molar-refractivity contribution in [2.45, 2.75) is 32.6 Å². The summed E-state index contributed by atoms with van der Waals surface area (Å²) in [5.74, 6) is 1.43. The smallest absolute Gasteiger partial charge is 0.305 e. The van der Waals surface area contributed by atoms with Crippen molar-refractivity contribution in [1.29, 1.82) is 0 Å². The number of unbranched alkanes of at least 4 members (excludes halogenated alkanes) is 1. The highest BCUT2D eigenvalue weighted by molar-refractivity contribution is 14.0. The molecule has 1 rings (SSSR count). The topological polar surface area (TPSA) is 63.2 Å². The van der Waals surface area contributed by atoms with E-state index in [-0.39, 0.29) is 29.9 Å². The molecule has 1 N–H and O–H groups in total. The molecule has 0 aromatic rings. The van der Waals surface area contributed by atoms with Crippen molar-refractivity contribution >= 4 is 35.9 Å². The predicted octanol–water partition coefficient (Wildman–Crippen LogP) is 1.88. The zero-order chi connectivity index (χ0) is 15.5. The van der Waals surface area contributed by atoms with E-state index in [4.69, 9.17) is 4.74 Å². The summed E-state index contributed by atoms with van der Waals surface area (Å²) in [5, 5.41) is 3.34. The molecule has 0 amide bonds. The Balaban J connectivity index is 0.00000441. The number of nitrogens with one attached hydrogen (secondary N) is 1. The van der Waals surface area contributed by atoms with Gasteiger partial charge in [0.1, 0.15) is 0 Å². The van der Waals surface area contributed by atoms with Gasteiger partial charge in [0.2, 0.25) is 0 Å². The van der Waals surface area contributed by atoms with Crippen molar-refractivity contribution in [2.24, 2.45) is 10.9 Å². The molecule has 0 aliphatic carbocycles. The van der Waals surface area contributed by atoms with E-state index >= 15 is 0 Å². The molecule has 6 nitrogen and oxygen atoms in total. The number of ether oxygens (including phenoxy) is 2. The van der Waals surface area contributed by atoms with Crippen LogP contribution in [0.4, 0.5) is 0 Å². The molecule has 7 heteroatoms. The summed E-state index contributed by atoms with van der Waals surface area (Å²) >= 11 is 0. The number of rotatable bonds is 8. The number of hydrogen-bond acceptors (Lipinski definition) is 4. The number of esters is 1. The van der Waals surface area contributed by atoms with E-state index in [0.29, 0.717) is 12.3 Å². The summed E-state index contributed by atoms with van der Waals surface area (Å²) in [6.07, 6.45) is 3.35. The summed E-state index contributed by atoms with van der Waals surface area (Å²) in [7, 11) is 3.18. The summed E-state index contributed by atoms with van der Waals surface area (Å²) < 4.78 is 9.85. The van der Waals surface area contributed by atoms with Crippen molar-refractivity contribution in [3.63, 3.8) is 0 Å². The Kier molecular flexibility index (Phi) is 12.6. The second-order valence-corrected chi connectivity index (χ2v) is 5.32. The maximum absolute atomic E-state index is 11.0. The molecule has 0 spiro atoms. The minimum atomic E-state index is -0.146. The van der Waals surface area contributed by atoms with E-state index in [2.05, 4.69) is 26.9 Å². The molecule has 1 unspecified atom stereocenters. The van der Waals surface area contributed by atoms with Gasteiger partial charge in [-0.25, -0.2) is 0 Å². The van der Waals surface area contributed by atoms with Gasteiger partial charge in [-0.1, -0.05) is 0 Å². The maximum atomic E-state index is 11.0. The van der Waals surface area contributed by atoms with Gasteiger partial charge in [-0.2, -0.15) is 0 Å². The van der Waals surface area contributed by atoms with Crippen LogP contribution in [0.5, 0.6) is 0 Å². The van der Waals surface area contributed by atoms with Gasteiger partial charge < -0.3 is 19.7 Å². The van der Waals surface area contributed by atoms with Crippen LogP contribution in [0, 0.1) is 5.92 Å². The molecule has 130 valence electrons. The van der Waals surface area contributed by atoms with Gasteiger partial charge in [-0.15, -0.1) is 24.0 Å². The largest absolute Gasteiger partial charge is 0.469 e. The first-order chi connectivity index (χ1) is 10.2. The van der Waals surface area contributed by atoms with Crippen molar-refractivity contribution in [1.82, 2.24) is 10.2 Å². The zero-order valence-electron chi connectivity index (χ0n) is 14.0. The number of likely N-dealkylation sites (tertiary alicyclic amines) is 1. The van der Waals surface area contributed by atoms with Crippen LogP contribution in [0.1, 0.15) is 32.6 Å². The normalized spacial score (nSPS) is 18.0. The van der Waals surface area contributed by atoms with Crippen molar-refractivity contribution in [3.8, 4) is 0 Å². The van der Waals surface area contributed by atoms with Crippen LogP contribution in [0.25, 0.3) is 0 Å². The molecule has 0 aromatic carbocycles.